The highest BCUT2D eigenvalue weighted by Crippen LogP contribution is 2.46. The van der Waals surface area contributed by atoms with Crippen LogP contribution in [-0.2, 0) is 21.6 Å². The van der Waals surface area contributed by atoms with Gasteiger partial charge in [-0.15, -0.1) is 0 Å². The van der Waals surface area contributed by atoms with E-state index in [4.69, 9.17) is 4.74 Å². The Morgan fingerprint density at radius 3 is 2.67 bits per heavy atom. The van der Waals surface area contributed by atoms with Crippen LogP contribution in [0.3, 0.4) is 0 Å². The van der Waals surface area contributed by atoms with Crippen molar-refractivity contribution in [2.75, 3.05) is 13.1 Å². The molecule has 1 aromatic heterocycles. The van der Waals surface area contributed by atoms with Crippen LogP contribution in [-0.4, -0.2) is 35.0 Å². The quantitative estimate of drug-likeness (QED) is 0.805. The zero-order valence-corrected chi connectivity index (χ0v) is 15.0. The summed E-state index contributed by atoms with van der Waals surface area (Å²) in [4.78, 5) is 19.0. The highest BCUT2D eigenvalue weighted by molar-refractivity contribution is 5.89. The summed E-state index contributed by atoms with van der Waals surface area (Å²) in [7, 11) is 0. The maximum absolute atomic E-state index is 14.4. The van der Waals surface area contributed by atoms with Crippen molar-refractivity contribution in [2.45, 2.75) is 43.8 Å². The molecule has 1 atom stereocenters. The van der Waals surface area contributed by atoms with Crippen molar-refractivity contribution in [3.63, 3.8) is 0 Å². The van der Waals surface area contributed by atoms with Gasteiger partial charge in [0.2, 0.25) is 5.91 Å². The predicted molar refractivity (Wildman–Crippen MR) is 95.9 cm³/mol. The molecule has 27 heavy (non-hydrogen) atoms. The van der Waals surface area contributed by atoms with E-state index in [2.05, 4.69) is 4.98 Å². The van der Waals surface area contributed by atoms with Crippen LogP contribution in [0.25, 0.3) is 0 Å². The minimum atomic E-state index is -0.849. The normalized spacial score (nSPS) is 21.1. The number of aromatic nitrogens is 1. The Morgan fingerprint density at radius 2 is 2.00 bits per heavy atom. The second-order valence-corrected chi connectivity index (χ2v) is 7.39. The number of nitrogens with zero attached hydrogens (tertiary/aromatic N) is 2. The maximum Gasteiger partial charge on any atom is 0.233 e. The Hall–Kier alpha value is -2.34. The summed E-state index contributed by atoms with van der Waals surface area (Å²) in [5.41, 5.74) is 0.512. The number of ether oxygens (including phenoxy) is 1. The van der Waals surface area contributed by atoms with Gasteiger partial charge in [0.05, 0.1) is 18.1 Å². The number of rotatable bonds is 5. The first kappa shape index (κ1) is 18.0. The van der Waals surface area contributed by atoms with E-state index in [-0.39, 0.29) is 12.0 Å². The van der Waals surface area contributed by atoms with E-state index in [0.717, 1.165) is 24.5 Å². The van der Waals surface area contributed by atoms with Crippen LogP contribution in [0.5, 0.6) is 0 Å². The number of halogens is 2. The van der Waals surface area contributed by atoms with E-state index in [1.165, 1.54) is 12.1 Å². The van der Waals surface area contributed by atoms with E-state index >= 15 is 0 Å². The number of benzene rings is 1. The Bertz CT molecular complexity index is 824. The van der Waals surface area contributed by atoms with Crippen LogP contribution in [0.2, 0.25) is 0 Å². The molecule has 2 aromatic rings. The van der Waals surface area contributed by atoms with Crippen LogP contribution in [0.4, 0.5) is 8.78 Å². The zero-order chi connectivity index (χ0) is 18.9. The smallest absolute Gasteiger partial charge is 0.233 e. The van der Waals surface area contributed by atoms with Gasteiger partial charge in [-0.2, -0.15) is 0 Å². The number of hydrogen-bond donors (Lipinski definition) is 0. The monoisotopic (exact) mass is 372 g/mol. The fraction of sp³-hybridized carbons (Fsp3) is 0.429. The molecule has 2 aliphatic rings. The molecule has 1 aliphatic carbocycles. The maximum atomic E-state index is 14.4. The van der Waals surface area contributed by atoms with E-state index in [9.17, 15) is 13.6 Å². The molecule has 1 saturated heterocycles. The number of amides is 1. The third-order valence-corrected chi connectivity index (χ3v) is 5.73. The Morgan fingerprint density at radius 1 is 1.22 bits per heavy atom. The fourth-order valence-corrected chi connectivity index (χ4v) is 4.05. The number of hydrogen-bond acceptors (Lipinski definition) is 3. The van der Waals surface area contributed by atoms with Gasteiger partial charge in [0.1, 0.15) is 11.6 Å². The van der Waals surface area contributed by atoms with E-state index in [0.29, 0.717) is 38.1 Å². The minimum absolute atomic E-state index is 0.0303. The number of carbonyl (C=O) groups excluding carboxylic acids is 1. The average Bonchev–Trinajstić information content (AvgIpc) is 3.10. The molecular formula is C21H22F2N2O2. The molecule has 0 N–H and O–H groups in total. The summed E-state index contributed by atoms with van der Waals surface area (Å²) in [6.45, 7) is 1.59. The lowest BCUT2D eigenvalue weighted by atomic mass is 9.63. The molecule has 0 radical (unpaired) electrons. The second kappa shape index (κ2) is 7.35. The van der Waals surface area contributed by atoms with Gasteiger partial charge in [-0.05, 0) is 43.0 Å². The van der Waals surface area contributed by atoms with E-state index in [1.807, 2.05) is 12.1 Å². The van der Waals surface area contributed by atoms with Gasteiger partial charge in [0.15, 0.2) is 0 Å². The Balaban J connectivity index is 1.43. The average molecular weight is 372 g/mol. The van der Waals surface area contributed by atoms with Gasteiger partial charge in [-0.3, -0.25) is 9.78 Å². The third-order valence-electron chi connectivity index (χ3n) is 5.73. The van der Waals surface area contributed by atoms with Crippen molar-refractivity contribution in [1.29, 1.82) is 0 Å². The van der Waals surface area contributed by atoms with Crippen molar-refractivity contribution in [2.24, 2.45) is 0 Å². The highest BCUT2D eigenvalue weighted by atomic mass is 19.1. The van der Waals surface area contributed by atoms with Crippen LogP contribution < -0.4 is 0 Å². The van der Waals surface area contributed by atoms with Crippen molar-refractivity contribution < 1.29 is 18.3 Å². The molecule has 6 heteroatoms. The molecule has 0 spiro atoms. The van der Waals surface area contributed by atoms with Crippen molar-refractivity contribution in [3.05, 3.63) is 65.5 Å². The summed E-state index contributed by atoms with van der Waals surface area (Å²) in [6, 6.07) is 7.33. The molecule has 142 valence electrons. The molecule has 1 saturated carbocycles. The van der Waals surface area contributed by atoms with Gasteiger partial charge in [0, 0.05) is 37.1 Å². The zero-order valence-electron chi connectivity index (χ0n) is 15.0. The van der Waals surface area contributed by atoms with E-state index < -0.39 is 17.0 Å². The minimum Gasteiger partial charge on any atom is -0.372 e. The molecule has 1 amide bonds. The molecule has 4 nitrogen and oxygen atoms in total. The van der Waals surface area contributed by atoms with Crippen LogP contribution in [0.1, 0.15) is 36.8 Å². The summed E-state index contributed by atoms with van der Waals surface area (Å²) in [5, 5.41) is 0. The van der Waals surface area contributed by atoms with Crippen molar-refractivity contribution in [1.82, 2.24) is 9.88 Å². The highest BCUT2D eigenvalue weighted by Gasteiger charge is 2.50. The number of pyridine rings is 1. The summed E-state index contributed by atoms with van der Waals surface area (Å²) >= 11 is 0. The molecule has 4 rings (SSSR count). The largest absolute Gasteiger partial charge is 0.372 e. The predicted octanol–water partition coefficient (Wildman–Crippen LogP) is 3.60. The number of carbonyl (C=O) groups is 1. The second-order valence-electron chi connectivity index (χ2n) is 7.39. The van der Waals surface area contributed by atoms with Crippen LogP contribution in [0, 0.1) is 11.6 Å². The topological polar surface area (TPSA) is 42.4 Å². The molecular weight excluding hydrogens is 350 g/mol. The molecule has 1 aromatic carbocycles. The standard InChI is InChI=1S/C21H22F2N2O2/c22-16-2-3-18(19(23)12-16)21(7-1-8-21)20(26)25-11-6-17(13-25)27-14-15-4-9-24-10-5-15/h2-5,9-10,12,17H,1,6-8,11,13-14H2/t17-/m1/s1. The Labute approximate surface area is 157 Å². The third kappa shape index (κ3) is 3.46. The van der Waals surface area contributed by atoms with Gasteiger partial charge in [0.25, 0.3) is 0 Å². The lowest BCUT2D eigenvalue weighted by Crippen LogP contribution is -2.51. The van der Waals surface area contributed by atoms with Gasteiger partial charge >= 0.3 is 0 Å². The molecule has 0 unspecified atom stereocenters. The van der Waals surface area contributed by atoms with Crippen molar-refractivity contribution >= 4 is 5.91 Å². The molecule has 2 heterocycles. The van der Waals surface area contributed by atoms with E-state index in [1.54, 1.807) is 17.3 Å². The summed E-state index contributed by atoms with van der Waals surface area (Å²) in [5.74, 6) is -1.31. The van der Waals surface area contributed by atoms with Crippen LogP contribution >= 0.6 is 0 Å². The van der Waals surface area contributed by atoms with Gasteiger partial charge in [-0.1, -0.05) is 12.5 Å². The van der Waals surface area contributed by atoms with Gasteiger partial charge in [-0.25, -0.2) is 8.78 Å². The Kier molecular flexibility index (Phi) is 4.91. The number of likely N-dealkylation sites (tertiary alicyclic amines) is 1. The summed E-state index contributed by atoms with van der Waals surface area (Å²) < 4.78 is 33.6. The first-order chi connectivity index (χ1) is 13.1. The first-order valence-corrected chi connectivity index (χ1v) is 9.34. The molecule has 0 bridgehead atoms. The molecule has 2 fully saturated rings. The van der Waals surface area contributed by atoms with Crippen molar-refractivity contribution in [3.8, 4) is 0 Å². The first-order valence-electron chi connectivity index (χ1n) is 9.34. The van der Waals surface area contributed by atoms with Gasteiger partial charge < -0.3 is 9.64 Å². The molecule has 1 aliphatic heterocycles. The lowest BCUT2D eigenvalue weighted by molar-refractivity contribution is -0.140. The SMILES string of the molecule is O=C(N1CC[C@@H](OCc2ccncc2)C1)C1(c2ccc(F)cc2F)CCC1. The summed E-state index contributed by atoms with van der Waals surface area (Å²) in [6.07, 6.45) is 6.26. The lowest BCUT2D eigenvalue weighted by Gasteiger charge is -2.43. The fourth-order valence-electron chi connectivity index (χ4n) is 4.05. The van der Waals surface area contributed by atoms with Crippen LogP contribution in [0.15, 0.2) is 42.7 Å².